The maximum atomic E-state index is 10.5. The van der Waals surface area contributed by atoms with Crippen LogP contribution in [0.4, 0.5) is 0 Å². The van der Waals surface area contributed by atoms with E-state index in [1.165, 1.54) is 0 Å². The van der Waals surface area contributed by atoms with Gasteiger partial charge in [0.25, 0.3) is 0 Å². The Morgan fingerprint density at radius 2 is 1.81 bits per heavy atom. The molecular formula is C11H11NaO4. The predicted octanol–water partition coefficient (Wildman–Crippen LogP) is -2.93. The van der Waals surface area contributed by atoms with E-state index in [9.17, 15) is 14.7 Å². The van der Waals surface area contributed by atoms with Crippen LogP contribution in [0, 0.1) is 5.92 Å². The van der Waals surface area contributed by atoms with E-state index in [0.717, 1.165) is 5.56 Å². The number of aryl methyl sites for hydroxylation is 1. The number of hydrogen-bond acceptors (Lipinski definition) is 3. The molecule has 0 fully saturated rings. The molecule has 0 aliphatic heterocycles. The van der Waals surface area contributed by atoms with Gasteiger partial charge in [0.05, 0.1) is 11.9 Å². The van der Waals surface area contributed by atoms with E-state index >= 15 is 0 Å². The van der Waals surface area contributed by atoms with E-state index < -0.39 is 17.9 Å². The molecule has 0 aliphatic carbocycles. The first-order valence-corrected chi connectivity index (χ1v) is 4.59. The van der Waals surface area contributed by atoms with E-state index in [-0.39, 0.29) is 36.0 Å². The summed E-state index contributed by atoms with van der Waals surface area (Å²) >= 11 is 0. The summed E-state index contributed by atoms with van der Waals surface area (Å²) in [5.74, 6) is -4.30. The standard InChI is InChI=1S/C11H12O4.Na/c12-10(13)9(11(14)15)7-6-8-4-2-1-3-5-8;/h1-5,9H,6-7H2,(H,12,13)(H,14,15);/q;+1/p-1. The van der Waals surface area contributed by atoms with Crippen molar-refractivity contribution in [2.24, 2.45) is 5.92 Å². The van der Waals surface area contributed by atoms with Crippen LogP contribution in [0.1, 0.15) is 12.0 Å². The third-order valence-electron chi connectivity index (χ3n) is 2.15. The monoisotopic (exact) mass is 230 g/mol. The Labute approximate surface area is 116 Å². The van der Waals surface area contributed by atoms with E-state index in [4.69, 9.17) is 5.11 Å². The van der Waals surface area contributed by atoms with Crippen LogP contribution in [0.2, 0.25) is 0 Å². The van der Waals surface area contributed by atoms with Crippen molar-refractivity contribution in [3.8, 4) is 0 Å². The third kappa shape index (κ3) is 4.79. The van der Waals surface area contributed by atoms with Crippen LogP contribution in [0.25, 0.3) is 0 Å². The second kappa shape index (κ2) is 7.44. The minimum Gasteiger partial charge on any atom is -0.549 e. The Bertz CT molecular complexity index is 336. The summed E-state index contributed by atoms with van der Waals surface area (Å²) in [5, 5.41) is 19.1. The zero-order valence-electron chi connectivity index (χ0n) is 9.05. The zero-order valence-corrected chi connectivity index (χ0v) is 11.1. The first kappa shape index (κ1) is 15.2. The summed E-state index contributed by atoms with van der Waals surface area (Å²) in [6.07, 6.45) is 0.480. The molecule has 0 aliphatic rings. The molecule has 16 heavy (non-hydrogen) atoms. The normalized spacial score (nSPS) is 11.2. The van der Waals surface area contributed by atoms with Gasteiger partial charge in [0.15, 0.2) is 0 Å². The average molecular weight is 230 g/mol. The van der Waals surface area contributed by atoms with Gasteiger partial charge in [0, 0.05) is 0 Å². The number of carbonyl (C=O) groups is 2. The molecule has 1 aromatic rings. The third-order valence-corrected chi connectivity index (χ3v) is 2.15. The quantitative estimate of drug-likeness (QED) is 0.434. The second-order valence-corrected chi connectivity index (χ2v) is 3.23. The van der Waals surface area contributed by atoms with E-state index in [2.05, 4.69) is 0 Å². The fraction of sp³-hybridized carbons (Fsp3) is 0.273. The minimum atomic E-state index is -1.53. The molecule has 0 saturated carbocycles. The molecule has 5 heteroatoms. The molecule has 0 spiro atoms. The van der Waals surface area contributed by atoms with Gasteiger partial charge in [-0.15, -0.1) is 0 Å². The first-order chi connectivity index (χ1) is 7.11. The summed E-state index contributed by atoms with van der Waals surface area (Å²) in [5.41, 5.74) is 0.921. The largest absolute Gasteiger partial charge is 1.00 e. The molecule has 1 rings (SSSR count). The average Bonchev–Trinajstić information content (AvgIpc) is 2.18. The Morgan fingerprint density at radius 3 is 2.25 bits per heavy atom. The zero-order chi connectivity index (χ0) is 11.3. The number of carbonyl (C=O) groups excluding carboxylic acids is 1. The maximum Gasteiger partial charge on any atom is 1.00 e. The summed E-state index contributed by atoms with van der Waals surface area (Å²) in [6.45, 7) is 0. The van der Waals surface area contributed by atoms with Crippen LogP contribution in [-0.2, 0) is 16.0 Å². The van der Waals surface area contributed by atoms with E-state index in [1.54, 1.807) is 0 Å². The van der Waals surface area contributed by atoms with Gasteiger partial charge in [-0.2, -0.15) is 0 Å². The molecule has 1 atom stereocenters. The van der Waals surface area contributed by atoms with Gasteiger partial charge in [-0.3, -0.25) is 4.79 Å². The molecule has 1 unspecified atom stereocenters. The molecule has 0 bridgehead atoms. The Hall–Kier alpha value is -0.840. The summed E-state index contributed by atoms with van der Waals surface area (Å²) < 4.78 is 0. The number of carboxylic acid groups (broad SMARTS) is 2. The van der Waals surface area contributed by atoms with Crippen molar-refractivity contribution in [2.45, 2.75) is 12.8 Å². The number of hydrogen-bond donors (Lipinski definition) is 1. The topological polar surface area (TPSA) is 77.4 Å². The molecule has 1 aromatic carbocycles. The Morgan fingerprint density at radius 1 is 1.25 bits per heavy atom. The van der Waals surface area contributed by atoms with Gasteiger partial charge < -0.3 is 15.0 Å². The molecule has 4 nitrogen and oxygen atoms in total. The van der Waals surface area contributed by atoms with Gasteiger partial charge in [0.2, 0.25) is 0 Å². The molecule has 1 N–H and O–H groups in total. The molecule has 80 valence electrons. The number of rotatable bonds is 5. The van der Waals surface area contributed by atoms with Gasteiger partial charge in [-0.25, -0.2) is 0 Å². The summed E-state index contributed by atoms with van der Waals surface area (Å²) in [7, 11) is 0. The minimum absolute atomic E-state index is 0. The molecule has 0 amide bonds. The fourth-order valence-corrected chi connectivity index (χ4v) is 1.30. The molecule has 0 aromatic heterocycles. The van der Waals surface area contributed by atoms with E-state index in [0.29, 0.717) is 6.42 Å². The van der Waals surface area contributed by atoms with Crippen molar-refractivity contribution in [3.63, 3.8) is 0 Å². The second-order valence-electron chi connectivity index (χ2n) is 3.23. The SMILES string of the molecule is O=C([O-])C(CCc1ccccc1)C(=O)O.[Na+]. The van der Waals surface area contributed by atoms with Crippen LogP contribution in [0.5, 0.6) is 0 Å². The van der Waals surface area contributed by atoms with Crippen LogP contribution < -0.4 is 34.7 Å². The smallest absolute Gasteiger partial charge is 0.549 e. The van der Waals surface area contributed by atoms with Crippen molar-refractivity contribution in [2.75, 3.05) is 0 Å². The number of benzene rings is 1. The molecule has 0 heterocycles. The Balaban J connectivity index is 0.00000225. The molecular weight excluding hydrogens is 219 g/mol. The summed E-state index contributed by atoms with van der Waals surface area (Å²) in [4.78, 5) is 21.0. The Kier molecular flexibility index (Phi) is 7.05. The summed E-state index contributed by atoms with van der Waals surface area (Å²) in [6, 6.07) is 9.15. The van der Waals surface area contributed by atoms with Gasteiger partial charge in [-0.1, -0.05) is 30.3 Å². The van der Waals surface area contributed by atoms with Crippen LogP contribution >= 0.6 is 0 Å². The van der Waals surface area contributed by atoms with Crippen LogP contribution in [0.15, 0.2) is 30.3 Å². The number of carboxylic acids is 2. The molecule has 0 saturated heterocycles. The molecule has 0 radical (unpaired) electrons. The first-order valence-electron chi connectivity index (χ1n) is 4.59. The van der Waals surface area contributed by atoms with Crippen molar-refractivity contribution in [1.29, 1.82) is 0 Å². The van der Waals surface area contributed by atoms with Crippen molar-refractivity contribution < 1.29 is 49.4 Å². The van der Waals surface area contributed by atoms with Crippen molar-refractivity contribution in [3.05, 3.63) is 35.9 Å². The van der Waals surface area contributed by atoms with E-state index in [1.807, 2.05) is 30.3 Å². The van der Waals surface area contributed by atoms with Crippen LogP contribution in [0.3, 0.4) is 0 Å². The van der Waals surface area contributed by atoms with Gasteiger partial charge in [0.1, 0.15) is 0 Å². The van der Waals surface area contributed by atoms with Crippen LogP contribution in [-0.4, -0.2) is 17.0 Å². The predicted molar refractivity (Wildman–Crippen MR) is 50.9 cm³/mol. The maximum absolute atomic E-state index is 10.5. The fourth-order valence-electron chi connectivity index (χ4n) is 1.30. The van der Waals surface area contributed by atoms with Gasteiger partial charge in [-0.05, 0) is 18.4 Å². The van der Waals surface area contributed by atoms with Crippen molar-refractivity contribution in [1.82, 2.24) is 0 Å². The van der Waals surface area contributed by atoms with Gasteiger partial charge >= 0.3 is 35.5 Å². The van der Waals surface area contributed by atoms with Crippen molar-refractivity contribution >= 4 is 11.9 Å². The number of aliphatic carboxylic acids is 2.